The van der Waals surface area contributed by atoms with Gasteiger partial charge in [0, 0.05) is 6.42 Å². The molecule has 1 rings (SSSR count). The summed E-state index contributed by atoms with van der Waals surface area (Å²) >= 11 is 0. The van der Waals surface area contributed by atoms with Crippen molar-refractivity contribution < 1.29 is 4.58 Å². The zero-order valence-corrected chi connectivity index (χ0v) is 7.17. The van der Waals surface area contributed by atoms with Crippen LogP contribution in [0.4, 0.5) is 0 Å². The summed E-state index contributed by atoms with van der Waals surface area (Å²) in [5.74, 6) is 0. The van der Waals surface area contributed by atoms with E-state index in [1.165, 1.54) is 19.4 Å². The van der Waals surface area contributed by atoms with Gasteiger partial charge in [0.2, 0.25) is 6.34 Å². The quantitative estimate of drug-likeness (QED) is 0.489. The van der Waals surface area contributed by atoms with Gasteiger partial charge in [-0.05, 0) is 6.42 Å². The summed E-state index contributed by atoms with van der Waals surface area (Å²) in [5, 5.41) is 0. The van der Waals surface area contributed by atoms with Crippen molar-refractivity contribution in [2.24, 2.45) is 0 Å². The Bertz CT molecular complexity index is 140. The largest absolute Gasteiger partial charge is 0.271 e. The maximum atomic E-state index is 2.31. The average molecular weight is 141 g/mol. The van der Waals surface area contributed by atoms with Crippen molar-refractivity contribution in [1.29, 1.82) is 0 Å². The topological polar surface area (TPSA) is 6.25 Å². The smallest absolute Gasteiger partial charge is 0.233 e. The van der Waals surface area contributed by atoms with Crippen LogP contribution < -0.4 is 0 Å². The van der Waals surface area contributed by atoms with E-state index in [0.717, 1.165) is 6.04 Å². The highest BCUT2D eigenvalue weighted by Crippen LogP contribution is 2.07. The maximum Gasteiger partial charge on any atom is 0.233 e. The Balaban J connectivity index is 2.55. The average Bonchev–Trinajstić information content (AvgIpc) is 1.88. The van der Waals surface area contributed by atoms with Crippen LogP contribution in [0.1, 0.15) is 19.8 Å². The normalized spacial score (nSPS) is 26.5. The summed E-state index contributed by atoms with van der Waals surface area (Å²) in [6, 6.07) is 0.774. The molecule has 0 saturated heterocycles. The van der Waals surface area contributed by atoms with Crippen LogP contribution in [0, 0.1) is 0 Å². The molecule has 1 aliphatic rings. The molecule has 1 unspecified atom stereocenters. The third kappa shape index (κ3) is 1.49. The third-order valence-corrected chi connectivity index (χ3v) is 2.24. The van der Waals surface area contributed by atoms with Crippen LogP contribution in [0.5, 0.6) is 0 Å². The van der Waals surface area contributed by atoms with Gasteiger partial charge in [0.1, 0.15) is 0 Å². The first-order valence-electron chi connectivity index (χ1n) is 4.01. The molecule has 10 heavy (non-hydrogen) atoms. The summed E-state index contributed by atoms with van der Waals surface area (Å²) in [7, 11) is 4.28. The minimum absolute atomic E-state index is 0.774. The molecule has 0 amide bonds. The van der Waals surface area contributed by atoms with Crippen LogP contribution >= 0.6 is 0 Å². The van der Waals surface area contributed by atoms with Gasteiger partial charge < -0.3 is 0 Å². The molecule has 58 valence electrons. The van der Waals surface area contributed by atoms with Crippen LogP contribution in [-0.4, -0.2) is 42.5 Å². The second-order valence-electron chi connectivity index (χ2n) is 3.11. The fourth-order valence-electron chi connectivity index (χ4n) is 1.51. The minimum Gasteiger partial charge on any atom is -0.271 e. The monoisotopic (exact) mass is 141 g/mol. The Morgan fingerprint density at radius 1 is 1.70 bits per heavy atom. The predicted octanol–water partition coefficient (Wildman–Crippen LogP) is 0.771. The van der Waals surface area contributed by atoms with Gasteiger partial charge in [0.15, 0.2) is 0 Å². The van der Waals surface area contributed by atoms with Gasteiger partial charge in [0.25, 0.3) is 0 Å². The molecule has 0 aromatic rings. The molecule has 1 aliphatic heterocycles. The van der Waals surface area contributed by atoms with Gasteiger partial charge in [-0.1, -0.05) is 6.92 Å². The molecule has 0 aromatic heterocycles. The summed E-state index contributed by atoms with van der Waals surface area (Å²) in [4.78, 5) is 2.31. The van der Waals surface area contributed by atoms with Gasteiger partial charge in [-0.2, -0.15) is 0 Å². The number of hydrogen-bond donors (Lipinski definition) is 0. The predicted molar refractivity (Wildman–Crippen MR) is 43.6 cm³/mol. The van der Waals surface area contributed by atoms with E-state index in [0.29, 0.717) is 0 Å². The summed E-state index contributed by atoms with van der Waals surface area (Å²) in [6.45, 7) is 3.46. The van der Waals surface area contributed by atoms with E-state index >= 15 is 0 Å². The third-order valence-electron chi connectivity index (χ3n) is 2.24. The maximum absolute atomic E-state index is 2.31. The minimum atomic E-state index is 0.774. The molecule has 0 aromatic carbocycles. The summed E-state index contributed by atoms with van der Waals surface area (Å²) in [6.07, 6.45) is 4.76. The lowest BCUT2D eigenvalue weighted by molar-refractivity contribution is -0.505. The van der Waals surface area contributed by atoms with Gasteiger partial charge in [-0.15, -0.1) is 0 Å². The second-order valence-corrected chi connectivity index (χ2v) is 3.11. The Labute approximate surface area is 63.2 Å². The van der Waals surface area contributed by atoms with E-state index in [1.807, 2.05) is 0 Å². The van der Waals surface area contributed by atoms with Crippen molar-refractivity contribution in [1.82, 2.24) is 4.90 Å². The van der Waals surface area contributed by atoms with Crippen molar-refractivity contribution >= 4 is 6.34 Å². The first-order valence-corrected chi connectivity index (χ1v) is 4.01. The lowest BCUT2D eigenvalue weighted by Crippen LogP contribution is -2.39. The van der Waals surface area contributed by atoms with Crippen LogP contribution in [0.15, 0.2) is 0 Å². The van der Waals surface area contributed by atoms with Gasteiger partial charge in [-0.25, -0.2) is 0 Å². The molecule has 0 N–H and O–H groups in total. The first-order chi connectivity index (χ1) is 4.74. The summed E-state index contributed by atoms with van der Waals surface area (Å²) in [5.41, 5.74) is 0. The number of hydrogen-bond acceptors (Lipinski definition) is 1. The van der Waals surface area contributed by atoms with Crippen LogP contribution in [-0.2, 0) is 0 Å². The zero-order chi connectivity index (χ0) is 7.56. The Morgan fingerprint density at radius 2 is 2.40 bits per heavy atom. The van der Waals surface area contributed by atoms with E-state index < -0.39 is 0 Å². The zero-order valence-electron chi connectivity index (χ0n) is 7.17. The van der Waals surface area contributed by atoms with Crippen LogP contribution in [0.2, 0.25) is 0 Å². The lowest BCUT2D eigenvalue weighted by atomic mass is 10.1. The fraction of sp³-hybridized carbons (Fsp3) is 0.875. The van der Waals surface area contributed by atoms with Crippen LogP contribution in [0.3, 0.4) is 0 Å². The molecule has 0 radical (unpaired) electrons. The van der Waals surface area contributed by atoms with Gasteiger partial charge in [0.05, 0.1) is 26.7 Å². The SMILES string of the molecule is CCC1CC[N+](C)=CN1C. The Kier molecular flexibility index (Phi) is 2.30. The molecule has 2 nitrogen and oxygen atoms in total. The highest BCUT2D eigenvalue weighted by atomic mass is 15.2. The number of rotatable bonds is 1. The number of nitrogens with zero attached hydrogens (tertiary/aromatic N) is 2. The molecule has 1 atom stereocenters. The molecule has 0 fully saturated rings. The molecule has 0 aliphatic carbocycles. The summed E-state index contributed by atoms with van der Waals surface area (Å²) < 4.78 is 2.24. The Morgan fingerprint density at radius 3 is 2.90 bits per heavy atom. The molecular formula is C8H17N2+. The van der Waals surface area contributed by atoms with Crippen molar-refractivity contribution in [3.8, 4) is 0 Å². The van der Waals surface area contributed by atoms with Crippen molar-refractivity contribution in [2.75, 3.05) is 20.6 Å². The van der Waals surface area contributed by atoms with Crippen LogP contribution in [0.25, 0.3) is 0 Å². The molecule has 0 spiro atoms. The highest BCUT2D eigenvalue weighted by molar-refractivity contribution is 5.49. The van der Waals surface area contributed by atoms with Gasteiger partial charge in [-0.3, -0.25) is 9.48 Å². The van der Waals surface area contributed by atoms with E-state index in [2.05, 4.69) is 36.8 Å². The Hall–Kier alpha value is -0.530. The second kappa shape index (κ2) is 3.04. The lowest BCUT2D eigenvalue weighted by Gasteiger charge is -2.23. The fourth-order valence-corrected chi connectivity index (χ4v) is 1.51. The molecule has 0 bridgehead atoms. The van der Waals surface area contributed by atoms with Crippen molar-refractivity contribution in [3.05, 3.63) is 0 Å². The molecule has 0 saturated carbocycles. The van der Waals surface area contributed by atoms with E-state index in [1.54, 1.807) is 0 Å². The highest BCUT2D eigenvalue weighted by Gasteiger charge is 2.20. The van der Waals surface area contributed by atoms with E-state index in [-0.39, 0.29) is 0 Å². The van der Waals surface area contributed by atoms with Gasteiger partial charge >= 0.3 is 0 Å². The van der Waals surface area contributed by atoms with Crippen molar-refractivity contribution in [2.45, 2.75) is 25.8 Å². The standard InChI is InChI=1S/C8H17N2/c1-4-8-5-6-9(2)7-10(8)3/h7-8H,4-6H2,1-3H3/q+1. The molecular weight excluding hydrogens is 124 g/mol. The first kappa shape index (κ1) is 7.58. The van der Waals surface area contributed by atoms with Crippen molar-refractivity contribution in [3.63, 3.8) is 0 Å². The van der Waals surface area contributed by atoms with E-state index in [4.69, 9.17) is 0 Å². The van der Waals surface area contributed by atoms with E-state index in [9.17, 15) is 0 Å². The molecule has 1 heterocycles. The molecule has 2 heteroatoms.